The summed E-state index contributed by atoms with van der Waals surface area (Å²) in [5, 5.41) is 46.6. The van der Waals surface area contributed by atoms with Gasteiger partial charge in [0.15, 0.2) is 0 Å². The molecule has 342 valence electrons. The molecule has 62 heavy (non-hydrogen) atoms. The highest BCUT2D eigenvalue weighted by Crippen LogP contribution is 2.16. The summed E-state index contributed by atoms with van der Waals surface area (Å²) in [4.78, 5) is 94.8. The lowest BCUT2D eigenvalue weighted by molar-refractivity contribution is -0.142. The summed E-state index contributed by atoms with van der Waals surface area (Å²) in [6.07, 6.45) is 1.65. The van der Waals surface area contributed by atoms with Gasteiger partial charge in [-0.3, -0.25) is 43.5 Å². The van der Waals surface area contributed by atoms with Crippen molar-refractivity contribution in [2.45, 2.75) is 64.1 Å². The fourth-order valence-electron chi connectivity index (χ4n) is 7.36. The SMILES string of the molecule is CC(C)CN1CCN(CC(=O)O)CCN(CC(=O)O)CC(Cc2ccc(C(=O)N[C@@H](Cc3ccccc3)C(=O)NCC(=O)N[C@@H](CCCCN)C(=O)O)cc2)N(CC(=O)O)CC1. The van der Waals surface area contributed by atoms with E-state index in [4.69, 9.17) is 5.73 Å². The standard InChI is InChI=1S/C43H64N8O11/c1-30(2)25-48-16-17-49(27-38(53)54)18-19-50(28-39(55)56)26-34(51(21-20-48)29-40(57)58)22-32-11-13-33(14-12-32)41(59)47-36(23-31-8-4-3-5-9-31)42(60)45-24-37(52)46-35(43(61)62)10-6-7-15-44/h3-5,8-9,11-14,30,34-36H,6-7,10,15-29,44H2,1-2H3,(H,45,60)(H,46,52)(H,47,59)(H,53,54)(H,55,56)(H,57,58)(H,61,62)/t34?,35-,36-/m0/s1. The first kappa shape index (κ1) is 50.9. The van der Waals surface area contributed by atoms with Crippen molar-refractivity contribution in [2.75, 3.05) is 85.1 Å². The normalized spacial score (nSPS) is 17.2. The number of nitrogens with zero attached hydrogens (tertiary/aromatic N) is 4. The fraction of sp³-hybridized carbons (Fsp3) is 0.558. The Hall–Kier alpha value is -5.47. The molecule has 0 aromatic heterocycles. The molecule has 1 heterocycles. The number of benzene rings is 2. The molecule has 0 radical (unpaired) electrons. The zero-order valence-corrected chi connectivity index (χ0v) is 35.7. The Balaban J connectivity index is 1.82. The van der Waals surface area contributed by atoms with Crippen molar-refractivity contribution in [1.29, 1.82) is 0 Å². The zero-order chi connectivity index (χ0) is 45.6. The van der Waals surface area contributed by atoms with E-state index in [0.717, 1.165) is 11.1 Å². The zero-order valence-electron chi connectivity index (χ0n) is 35.7. The number of carbonyl (C=O) groups is 7. The van der Waals surface area contributed by atoms with Crippen LogP contribution >= 0.6 is 0 Å². The van der Waals surface area contributed by atoms with Crippen molar-refractivity contribution < 1.29 is 54.0 Å². The van der Waals surface area contributed by atoms with E-state index in [1.165, 1.54) is 0 Å². The average Bonchev–Trinajstić information content (AvgIpc) is 3.20. The molecule has 3 rings (SSSR count). The number of carboxylic acids is 4. The highest BCUT2D eigenvalue weighted by Gasteiger charge is 2.28. The highest BCUT2D eigenvalue weighted by molar-refractivity contribution is 5.98. The van der Waals surface area contributed by atoms with E-state index in [-0.39, 0.29) is 51.1 Å². The maximum Gasteiger partial charge on any atom is 0.326 e. The van der Waals surface area contributed by atoms with Gasteiger partial charge in [0.1, 0.15) is 12.1 Å². The maximum atomic E-state index is 13.6. The van der Waals surface area contributed by atoms with Crippen LogP contribution < -0.4 is 21.7 Å². The molecular weight excluding hydrogens is 805 g/mol. The van der Waals surface area contributed by atoms with Gasteiger partial charge in [0.25, 0.3) is 5.91 Å². The first-order valence-electron chi connectivity index (χ1n) is 21.0. The number of aliphatic carboxylic acids is 4. The summed E-state index contributed by atoms with van der Waals surface area (Å²) in [7, 11) is 0. The smallest absolute Gasteiger partial charge is 0.326 e. The lowest BCUT2D eigenvalue weighted by Gasteiger charge is -2.38. The van der Waals surface area contributed by atoms with Crippen LogP contribution in [0, 0.1) is 5.92 Å². The Morgan fingerprint density at radius 2 is 1.29 bits per heavy atom. The Bertz CT molecular complexity index is 1770. The number of rotatable bonds is 23. The maximum absolute atomic E-state index is 13.6. The van der Waals surface area contributed by atoms with Gasteiger partial charge < -0.3 is 47.0 Å². The molecule has 9 N–H and O–H groups in total. The van der Waals surface area contributed by atoms with E-state index < -0.39 is 66.3 Å². The molecular formula is C43H64N8O11. The number of hydrogen-bond donors (Lipinski definition) is 8. The van der Waals surface area contributed by atoms with Crippen LogP contribution in [-0.4, -0.2) is 185 Å². The van der Waals surface area contributed by atoms with E-state index in [1.807, 2.05) is 4.90 Å². The number of unbranched alkanes of at least 4 members (excludes halogenated alkanes) is 1. The molecule has 0 saturated carbocycles. The van der Waals surface area contributed by atoms with Crippen LogP contribution in [0.25, 0.3) is 0 Å². The Kier molecular flexibility index (Phi) is 22.0. The van der Waals surface area contributed by atoms with Gasteiger partial charge in [-0.1, -0.05) is 56.3 Å². The van der Waals surface area contributed by atoms with E-state index in [2.05, 4.69) is 34.7 Å². The Labute approximate surface area is 362 Å². The fourth-order valence-corrected chi connectivity index (χ4v) is 7.36. The predicted octanol–water partition coefficient (Wildman–Crippen LogP) is -0.115. The minimum absolute atomic E-state index is 0.0888. The van der Waals surface area contributed by atoms with Crippen molar-refractivity contribution in [1.82, 2.24) is 35.6 Å². The molecule has 19 heteroatoms. The average molecular weight is 869 g/mol. The third-order valence-corrected chi connectivity index (χ3v) is 10.4. The summed E-state index contributed by atoms with van der Waals surface area (Å²) in [5.74, 6) is -5.96. The lowest BCUT2D eigenvalue weighted by atomic mass is 10.0. The summed E-state index contributed by atoms with van der Waals surface area (Å²) < 4.78 is 0. The molecule has 1 aliphatic heterocycles. The summed E-state index contributed by atoms with van der Waals surface area (Å²) in [6, 6.07) is 12.8. The van der Waals surface area contributed by atoms with Crippen LogP contribution in [0.15, 0.2) is 54.6 Å². The van der Waals surface area contributed by atoms with Crippen molar-refractivity contribution in [3.05, 3.63) is 71.3 Å². The second-order valence-electron chi connectivity index (χ2n) is 16.1. The molecule has 0 aliphatic carbocycles. The van der Waals surface area contributed by atoms with Crippen molar-refractivity contribution >= 4 is 41.6 Å². The summed E-state index contributed by atoms with van der Waals surface area (Å²) in [6.45, 7) is 6.44. The van der Waals surface area contributed by atoms with Crippen molar-refractivity contribution in [2.24, 2.45) is 11.7 Å². The van der Waals surface area contributed by atoms with Gasteiger partial charge in [0.2, 0.25) is 11.8 Å². The molecule has 3 atom stereocenters. The van der Waals surface area contributed by atoms with E-state index in [0.29, 0.717) is 71.0 Å². The van der Waals surface area contributed by atoms with Crippen LogP contribution in [0.4, 0.5) is 0 Å². The first-order chi connectivity index (χ1) is 29.5. The molecule has 1 saturated heterocycles. The number of hydrogen-bond acceptors (Lipinski definition) is 12. The molecule has 1 unspecified atom stereocenters. The third-order valence-electron chi connectivity index (χ3n) is 10.4. The highest BCUT2D eigenvalue weighted by atomic mass is 16.4. The van der Waals surface area contributed by atoms with Gasteiger partial charge in [-0.2, -0.15) is 0 Å². The monoisotopic (exact) mass is 868 g/mol. The van der Waals surface area contributed by atoms with Gasteiger partial charge in [-0.15, -0.1) is 0 Å². The number of nitrogens with one attached hydrogen (secondary N) is 3. The van der Waals surface area contributed by atoms with Gasteiger partial charge in [-0.25, -0.2) is 4.79 Å². The molecule has 19 nitrogen and oxygen atoms in total. The molecule has 0 bridgehead atoms. The first-order valence-corrected chi connectivity index (χ1v) is 21.0. The number of nitrogens with two attached hydrogens (primary N) is 1. The summed E-state index contributed by atoms with van der Waals surface area (Å²) in [5.41, 5.74) is 7.19. The Morgan fingerprint density at radius 3 is 1.89 bits per heavy atom. The van der Waals surface area contributed by atoms with Crippen LogP contribution in [-0.2, 0) is 41.6 Å². The van der Waals surface area contributed by atoms with Gasteiger partial charge >= 0.3 is 23.9 Å². The van der Waals surface area contributed by atoms with Gasteiger partial charge in [0, 0.05) is 70.4 Å². The van der Waals surface area contributed by atoms with Gasteiger partial charge in [0.05, 0.1) is 26.2 Å². The predicted molar refractivity (Wildman–Crippen MR) is 229 cm³/mol. The number of amides is 3. The Morgan fingerprint density at radius 1 is 0.694 bits per heavy atom. The molecule has 1 aliphatic rings. The second kappa shape index (κ2) is 26.8. The minimum Gasteiger partial charge on any atom is -0.480 e. The number of carbonyl (C=O) groups excluding carboxylic acids is 3. The lowest BCUT2D eigenvalue weighted by Crippen LogP contribution is -2.53. The van der Waals surface area contributed by atoms with Crippen molar-refractivity contribution in [3.63, 3.8) is 0 Å². The van der Waals surface area contributed by atoms with Crippen LogP contribution in [0.1, 0.15) is 54.6 Å². The quantitative estimate of drug-likeness (QED) is 0.0677. The van der Waals surface area contributed by atoms with E-state index in [1.54, 1.807) is 64.4 Å². The van der Waals surface area contributed by atoms with Gasteiger partial charge in [-0.05, 0) is 61.4 Å². The van der Waals surface area contributed by atoms with E-state index in [9.17, 15) is 54.0 Å². The second-order valence-corrected chi connectivity index (χ2v) is 16.1. The molecule has 2 aromatic carbocycles. The minimum atomic E-state index is -1.21. The third kappa shape index (κ3) is 19.5. The van der Waals surface area contributed by atoms with Crippen molar-refractivity contribution in [3.8, 4) is 0 Å². The van der Waals surface area contributed by atoms with E-state index >= 15 is 0 Å². The molecule has 1 fully saturated rings. The molecule has 0 spiro atoms. The van der Waals surface area contributed by atoms with Crippen LogP contribution in [0.3, 0.4) is 0 Å². The number of carboxylic acid groups (broad SMARTS) is 4. The largest absolute Gasteiger partial charge is 0.480 e. The molecule has 2 aromatic rings. The van der Waals surface area contributed by atoms with Crippen LogP contribution in [0.2, 0.25) is 0 Å². The summed E-state index contributed by atoms with van der Waals surface area (Å²) >= 11 is 0. The van der Waals surface area contributed by atoms with Crippen LogP contribution in [0.5, 0.6) is 0 Å². The molecule has 3 amide bonds. The topological polar surface area (TPSA) is 275 Å².